The van der Waals surface area contributed by atoms with Gasteiger partial charge in [0.1, 0.15) is 5.60 Å². The van der Waals surface area contributed by atoms with Crippen molar-refractivity contribution in [1.29, 1.82) is 5.26 Å². The van der Waals surface area contributed by atoms with Crippen LogP contribution in [0.25, 0.3) is 0 Å². The number of rotatable bonds is 5. The molecule has 33 heavy (non-hydrogen) atoms. The summed E-state index contributed by atoms with van der Waals surface area (Å²) in [6.07, 6.45) is 0.552. The van der Waals surface area contributed by atoms with Crippen LogP contribution in [0.15, 0.2) is 36.4 Å². The number of sulfonamides is 1. The number of piperidine rings is 1. The van der Waals surface area contributed by atoms with Crippen molar-refractivity contribution < 1.29 is 17.9 Å². The SMILES string of the molecule is Cc1cc(C)c(CS(=O)(=O)N2CCC3(CC2)CN(Cc2cccc(C#N)c2)C(=O)O3)c(C)c1. The Balaban J connectivity index is 1.41. The average Bonchev–Trinajstić information content (AvgIpc) is 3.05. The molecule has 0 saturated carbocycles. The smallest absolute Gasteiger partial charge is 0.410 e. The molecule has 1 amide bonds. The summed E-state index contributed by atoms with van der Waals surface area (Å²) >= 11 is 0. The van der Waals surface area contributed by atoms with Crippen LogP contribution in [0.1, 0.15) is 46.2 Å². The Morgan fingerprint density at radius 1 is 1.09 bits per heavy atom. The van der Waals surface area contributed by atoms with Gasteiger partial charge in [-0.05, 0) is 55.2 Å². The highest BCUT2D eigenvalue weighted by Gasteiger charge is 2.48. The van der Waals surface area contributed by atoms with Gasteiger partial charge in [0.15, 0.2) is 0 Å². The minimum absolute atomic E-state index is 0.0148. The van der Waals surface area contributed by atoms with Crippen LogP contribution < -0.4 is 0 Å². The second-order valence-electron chi connectivity index (χ2n) is 9.25. The van der Waals surface area contributed by atoms with Crippen molar-refractivity contribution >= 4 is 16.1 Å². The normalized spacial score (nSPS) is 18.4. The number of hydrogen-bond donors (Lipinski definition) is 0. The molecule has 2 aromatic rings. The molecule has 1 spiro atoms. The van der Waals surface area contributed by atoms with Crippen LogP contribution in [0.3, 0.4) is 0 Å². The van der Waals surface area contributed by atoms with Crippen LogP contribution in [0.4, 0.5) is 4.79 Å². The minimum Gasteiger partial charge on any atom is -0.441 e. The standard InChI is InChI=1S/C25H29N3O4S/c1-18-11-19(2)23(20(3)12-18)16-33(30,31)28-9-7-25(8-10-28)17-27(24(29)32-25)15-22-6-4-5-21(13-22)14-26/h4-6,11-13H,7-10,15-17H2,1-3H3. The number of aryl methyl sites for hydroxylation is 3. The van der Waals surface area contributed by atoms with Crippen molar-refractivity contribution in [3.05, 3.63) is 69.8 Å². The molecule has 2 fully saturated rings. The van der Waals surface area contributed by atoms with Crippen LogP contribution >= 0.6 is 0 Å². The first-order valence-electron chi connectivity index (χ1n) is 11.1. The highest BCUT2D eigenvalue weighted by molar-refractivity contribution is 7.88. The minimum atomic E-state index is -3.48. The van der Waals surface area contributed by atoms with Gasteiger partial charge in [0, 0.05) is 32.5 Å². The lowest BCUT2D eigenvalue weighted by Crippen LogP contribution is -2.48. The van der Waals surface area contributed by atoms with E-state index in [1.165, 1.54) is 4.31 Å². The third-order valence-corrected chi connectivity index (χ3v) is 8.47. The van der Waals surface area contributed by atoms with Crippen LogP contribution in [-0.2, 0) is 27.1 Å². The molecule has 2 aliphatic heterocycles. The molecule has 2 saturated heterocycles. The van der Waals surface area contributed by atoms with Crippen molar-refractivity contribution in [3.63, 3.8) is 0 Å². The lowest BCUT2D eigenvalue weighted by atomic mass is 9.92. The van der Waals surface area contributed by atoms with E-state index in [9.17, 15) is 13.2 Å². The van der Waals surface area contributed by atoms with Gasteiger partial charge in [-0.2, -0.15) is 5.26 Å². The number of benzene rings is 2. The lowest BCUT2D eigenvalue weighted by Gasteiger charge is -2.36. The molecule has 0 aliphatic carbocycles. The fourth-order valence-electron chi connectivity index (χ4n) is 4.92. The van der Waals surface area contributed by atoms with E-state index in [0.717, 1.165) is 27.8 Å². The third-order valence-electron chi connectivity index (χ3n) is 6.66. The van der Waals surface area contributed by atoms with E-state index in [1.807, 2.05) is 39.0 Å². The molecule has 7 nitrogen and oxygen atoms in total. The van der Waals surface area contributed by atoms with E-state index >= 15 is 0 Å². The molecule has 0 aromatic heterocycles. The molecule has 8 heteroatoms. The Kier molecular flexibility index (Phi) is 6.21. The summed E-state index contributed by atoms with van der Waals surface area (Å²) in [7, 11) is -3.48. The highest BCUT2D eigenvalue weighted by Crippen LogP contribution is 2.35. The summed E-state index contributed by atoms with van der Waals surface area (Å²) in [4.78, 5) is 14.2. The summed E-state index contributed by atoms with van der Waals surface area (Å²) < 4.78 is 33.6. The van der Waals surface area contributed by atoms with E-state index in [4.69, 9.17) is 10.00 Å². The molecule has 174 valence electrons. The number of nitriles is 1. The molecule has 2 heterocycles. The van der Waals surface area contributed by atoms with E-state index < -0.39 is 15.6 Å². The Bertz CT molecular complexity index is 1200. The van der Waals surface area contributed by atoms with Gasteiger partial charge in [-0.25, -0.2) is 17.5 Å². The molecule has 0 N–H and O–H groups in total. The zero-order valence-electron chi connectivity index (χ0n) is 19.3. The van der Waals surface area contributed by atoms with Gasteiger partial charge in [-0.15, -0.1) is 0 Å². The van der Waals surface area contributed by atoms with Gasteiger partial charge in [0.05, 0.1) is 23.9 Å². The summed E-state index contributed by atoms with van der Waals surface area (Å²) in [5, 5.41) is 9.09. The maximum Gasteiger partial charge on any atom is 0.410 e. The number of ether oxygens (including phenoxy) is 1. The van der Waals surface area contributed by atoms with Gasteiger partial charge in [0.2, 0.25) is 10.0 Å². The van der Waals surface area contributed by atoms with Crippen molar-refractivity contribution in [1.82, 2.24) is 9.21 Å². The van der Waals surface area contributed by atoms with Gasteiger partial charge in [-0.3, -0.25) is 4.90 Å². The molecular weight excluding hydrogens is 438 g/mol. The molecule has 4 rings (SSSR count). The first kappa shape index (κ1) is 23.3. The number of hydrogen-bond acceptors (Lipinski definition) is 5. The predicted molar refractivity (Wildman–Crippen MR) is 125 cm³/mol. The number of carbonyl (C=O) groups is 1. The van der Waals surface area contributed by atoms with Crippen molar-refractivity contribution in [2.75, 3.05) is 19.6 Å². The second-order valence-corrected chi connectivity index (χ2v) is 11.2. The molecule has 2 aliphatic rings. The van der Waals surface area contributed by atoms with Crippen molar-refractivity contribution in [3.8, 4) is 6.07 Å². The van der Waals surface area contributed by atoms with Gasteiger partial charge >= 0.3 is 6.09 Å². The van der Waals surface area contributed by atoms with Crippen LogP contribution in [0.2, 0.25) is 0 Å². The molecule has 0 unspecified atom stereocenters. The Morgan fingerprint density at radius 3 is 2.39 bits per heavy atom. The molecule has 0 radical (unpaired) electrons. The quantitative estimate of drug-likeness (QED) is 0.667. The Hall–Kier alpha value is -2.89. The summed E-state index contributed by atoms with van der Waals surface area (Å²) in [5.74, 6) is -0.0148. The zero-order valence-corrected chi connectivity index (χ0v) is 20.1. The predicted octanol–water partition coefficient (Wildman–Crippen LogP) is 3.80. The zero-order chi connectivity index (χ0) is 23.8. The van der Waals surface area contributed by atoms with Crippen LogP contribution in [-0.4, -0.2) is 49.0 Å². The van der Waals surface area contributed by atoms with E-state index in [-0.39, 0.29) is 11.8 Å². The van der Waals surface area contributed by atoms with Gasteiger partial charge in [0.25, 0.3) is 0 Å². The van der Waals surface area contributed by atoms with Gasteiger partial charge in [-0.1, -0.05) is 29.8 Å². The summed E-state index contributed by atoms with van der Waals surface area (Å²) in [6.45, 7) is 7.37. The summed E-state index contributed by atoms with van der Waals surface area (Å²) in [6, 6.07) is 13.3. The number of amides is 1. The average molecular weight is 468 g/mol. The molecule has 2 aromatic carbocycles. The maximum atomic E-state index is 13.2. The number of carbonyl (C=O) groups excluding carboxylic acids is 1. The van der Waals surface area contributed by atoms with E-state index in [2.05, 4.69) is 6.07 Å². The lowest BCUT2D eigenvalue weighted by molar-refractivity contribution is 0.0172. The third kappa shape index (κ3) is 4.90. The monoisotopic (exact) mass is 467 g/mol. The van der Waals surface area contributed by atoms with E-state index in [1.54, 1.807) is 23.1 Å². The molecule has 0 bridgehead atoms. The van der Waals surface area contributed by atoms with Crippen molar-refractivity contribution in [2.24, 2.45) is 0 Å². The largest absolute Gasteiger partial charge is 0.441 e. The van der Waals surface area contributed by atoms with Crippen LogP contribution in [0.5, 0.6) is 0 Å². The Morgan fingerprint density at radius 2 is 1.76 bits per heavy atom. The van der Waals surface area contributed by atoms with Crippen molar-refractivity contribution in [2.45, 2.75) is 51.5 Å². The Labute approximate surface area is 195 Å². The first-order valence-corrected chi connectivity index (χ1v) is 12.7. The first-order chi connectivity index (χ1) is 15.6. The topological polar surface area (TPSA) is 90.7 Å². The maximum absolute atomic E-state index is 13.2. The fourth-order valence-corrected chi connectivity index (χ4v) is 6.66. The van der Waals surface area contributed by atoms with Gasteiger partial charge < -0.3 is 4.74 Å². The molecular formula is C25H29N3O4S. The number of nitrogens with zero attached hydrogens (tertiary/aromatic N) is 3. The van der Waals surface area contributed by atoms with Crippen LogP contribution in [0, 0.1) is 32.1 Å². The fraction of sp³-hybridized carbons (Fsp3) is 0.440. The molecule has 0 atom stereocenters. The summed E-state index contributed by atoms with van der Waals surface area (Å²) in [5.41, 5.74) is 4.72. The highest BCUT2D eigenvalue weighted by atomic mass is 32.2. The van der Waals surface area contributed by atoms with E-state index in [0.29, 0.717) is 44.6 Å². The second kappa shape index (κ2) is 8.81.